The quantitative estimate of drug-likeness (QED) is 0.383. The van der Waals surface area contributed by atoms with Gasteiger partial charge >= 0.3 is 0 Å². The Kier molecular flexibility index (Phi) is 7.44. The van der Waals surface area contributed by atoms with Gasteiger partial charge in [0.2, 0.25) is 0 Å². The van der Waals surface area contributed by atoms with Gasteiger partial charge in [0.25, 0.3) is 0 Å². The third-order valence-electron chi connectivity index (χ3n) is 5.79. The molecule has 0 aromatic heterocycles. The summed E-state index contributed by atoms with van der Waals surface area (Å²) in [5.41, 5.74) is 7.28. The van der Waals surface area contributed by atoms with Crippen LogP contribution in [0.2, 0.25) is 0 Å². The molecule has 2 N–H and O–H groups in total. The zero-order chi connectivity index (χ0) is 25.7. The lowest BCUT2D eigenvalue weighted by molar-refractivity contribution is 0.103. The lowest BCUT2D eigenvalue weighted by atomic mass is 9.97. The molecule has 3 aromatic carbocycles. The monoisotopic (exact) mass is 478 g/mol. The van der Waals surface area contributed by atoms with Crippen LogP contribution in [-0.2, 0) is 0 Å². The van der Waals surface area contributed by atoms with E-state index in [1.807, 2.05) is 82.3 Å². The van der Waals surface area contributed by atoms with Crippen molar-refractivity contribution in [2.24, 2.45) is 9.98 Å². The van der Waals surface area contributed by atoms with Crippen LogP contribution in [0.15, 0.2) is 106 Å². The van der Waals surface area contributed by atoms with Crippen molar-refractivity contribution in [1.82, 2.24) is 0 Å². The average Bonchev–Trinajstić information content (AvgIpc) is 2.86. The van der Waals surface area contributed by atoms with Crippen molar-refractivity contribution >= 4 is 40.0 Å². The first kappa shape index (κ1) is 24.7. The van der Waals surface area contributed by atoms with Crippen molar-refractivity contribution < 1.29 is 9.53 Å². The van der Waals surface area contributed by atoms with Crippen molar-refractivity contribution in [3.05, 3.63) is 101 Å². The summed E-state index contributed by atoms with van der Waals surface area (Å²) in [5.74, 6) is 0.562. The van der Waals surface area contributed by atoms with Gasteiger partial charge in [-0.25, -0.2) is 0 Å². The minimum Gasteiger partial charge on any atom is -0.497 e. The van der Waals surface area contributed by atoms with Crippen LogP contribution in [0.1, 0.15) is 38.1 Å². The number of anilines is 2. The molecule has 1 heterocycles. The third-order valence-corrected chi connectivity index (χ3v) is 5.79. The smallest absolute Gasteiger partial charge is 0.196 e. The minimum atomic E-state index is -0.130. The zero-order valence-electron chi connectivity index (χ0n) is 21.2. The maximum Gasteiger partial charge on any atom is 0.196 e. The second kappa shape index (κ2) is 10.9. The molecule has 6 nitrogen and oxygen atoms in total. The molecular weight excluding hydrogens is 448 g/mol. The highest BCUT2D eigenvalue weighted by atomic mass is 16.5. The van der Waals surface area contributed by atoms with Crippen LogP contribution in [0.3, 0.4) is 0 Å². The van der Waals surface area contributed by atoms with Gasteiger partial charge in [0, 0.05) is 22.7 Å². The highest BCUT2D eigenvalue weighted by molar-refractivity contribution is 6.28. The second-order valence-electron chi connectivity index (χ2n) is 8.62. The molecule has 0 atom stereocenters. The van der Waals surface area contributed by atoms with Crippen molar-refractivity contribution in [2.45, 2.75) is 27.7 Å². The molecule has 1 aliphatic rings. The number of hydrogen-bond donors (Lipinski definition) is 2. The molecule has 0 radical (unpaired) electrons. The summed E-state index contributed by atoms with van der Waals surface area (Å²) >= 11 is 0. The number of methoxy groups -OCH3 is 1. The molecule has 6 heteroatoms. The number of nitrogens with one attached hydrogen (secondary N) is 2. The van der Waals surface area contributed by atoms with Gasteiger partial charge in [-0.2, -0.15) is 0 Å². The first-order valence-electron chi connectivity index (χ1n) is 11.8. The maximum absolute atomic E-state index is 13.8. The van der Waals surface area contributed by atoms with Gasteiger partial charge in [0.1, 0.15) is 5.75 Å². The molecule has 0 amide bonds. The summed E-state index contributed by atoms with van der Waals surface area (Å²) in [7, 11) is 1.60. The first-order chi connectivity index (χ1) is 17.4. The number of allylic oxidation sites excluding steroid dienone is 4. The Hall–Kier alpha value is -4.45. The van der Waals surface area contributed by atoms with Gasteiger partial charge in [-0.05, 0) is 82.3 Å². The van der Waals surface area contributed by atoms with Crippen LogP contribution >= 0.6 is 0 Å². The molecule has 0 saturated carbocycles. The number of fused-ring (bicyclic) bond motifs is 2. The fraction of sp³-hybridized carbons (Fsp3) is 0.167. The van der Waals surface area contributed by atoms with E-state index in [0.717, 1.165) is 34.2 Å². The van der Waals surface area contributed by atoms with E-state index in [4.69, 9.17) is 14.7 Å². The SMILES string of the molecule is COc1ccc(C(=O)/C2=C(\C)Nc3ccccc3N=C(C)/C=C(/C)Nc3ccccc3N=C2C)cc1. The van der Waals surface area contributed by atoms with Crippen LogP contribution in [0.4, 0.5) is 22.7 Å². The normalized spacial score (nSPS) is 17.5. The highest BCUT2D eigenvalue weighted by Gasteiger charge is 2.20. The summed E-state index contributed by atoms with van der Waals surface area (Å²) < 4.78 is 5.26. The standard InChI is InChI=1S/C30H30N4O2/c1-19-18-20(2)32-26-11-7-9-13-28(26)34-22(4)29(30(35)23-14-16-24(36-5)17-15-23)21(3)33-27-12-8-6-10-25(27)31-19/h6-18,31,34H,1-5H3/b19-18-,29-22+,32-20?,33-21?. The van der Waals surface area contributed by atoms with Crippen molar-refractivity contribution in [3.63, 3.8) is 0 Å². The first-order valence-corrected chi connectivity index (χ1v) is 11.8. The van der Waals surface area contributed by atoms with E-state index in [1.54, 1.807) is 31.4 Å². The van der Waals surface area contributed by atoms with Gasteiger partial charge < -0.3 is 15.4 Å². The fourth-order valence-corrected chi connectivity index (χ4v) is 4.13. The van der Waals surface area contributed by atoms with Crippen LogP contribution in [0, 0.1) is 0 Å². The van der Waals surface area contributed by atoms with Crippen molar-refractivity contribution in [2.75, 3.05) is 17.7 Å². The van der Waals surface area contributed by atoms with Gasteiger partial charge in [0.15, 0.2) is 5.78 Å². The molecule has 0 bridgehead atoms. The highest BCUT2D eigenvalue weighted by Crippen LogP contribution is 2.31. The lowest BCUT2D eigenvalue weighted by Gasteiger charge is -2.17. The van der Waals surface area contributed by atoms with E-state index in [0.29, 0.717) is 28.3 Å². The number of Topliss-reactive ketones (excluding diaryl/α,β-unsaturated/α-hetero) is 1. The Labute approximate surface area is 212 Å². The number of ether oxygens (including phenoxy) is 1. The predicted molar refractivity (Wildman–Crippen MR) is 149 cm³/mol. The number of carbonyl (C=O) groups excluding carboxylic acids is 1. The molecule has 182 valence electrons. The van der Waals surface area contributed by atoms with E-state index in [2.05, 4.69) is 10.6 Å². The van der Waals surface area contributed by atoms with Crippen LogP contribution in [0.5, 0.6) is 5.75 Å². The molecule has 1 aliphatic heterocycles. The van der Waals surface area contributed by atoms with Gasteiger partial charge in [-0.3, -0.25) is 14.8 Å². The topological polar surface area (TPSA) is 75.1 Å². The average molecular weight is 479 g/mol. The Balaban J connectivity index is 1.92. The van der Waals surface area contributed by atoms with Gasteiger partial charge in [-0.1, -0.05) is 24.3 Å². The minimum absolute atomic E-state index is 0.130. The summed E-state index contributed by atoms with van der Waals surface area (Å²) in [6.07, 6.45) is 2.00. The number of hydrogen-bond acceptors (Lipinski definition) is 6. The molecule has 0 unspecified atom stereocenters. The van der Waals surface area contributed by atoms with Gasteiger partial charge in [-0.15, -0.1) is 0 Å². The maximum atomic E-state index is 13.8. The summed E-state index contributed by atoms with van der Waals surface area (Å²) in [6, 6.07) is 22.7. The molecule has 0 saturated heterocycles. The van der Waals surface area contributed by atoms with Crippen LogP contribution < -0.4 is 15.4 Å². The predicted octanol–water partition coefficient (Wildman–Crippen LogP) is 7.48. The van der Waals surface area contributed by atoms with E-state index < -0.39 is 0 Å². The Morgan fingerprint density at radius 2 is 1.33 bits per heavy atom. The molecule has 4 rings (SSSR count). The molecular formula is C30H30N4O2. The summed E-state index contributed by atoms with van der Waals surface area (Å²) in [6.45, 7) is 7.71. The molecule has 0 aliphatic carbocycles. The molecule has 36 heavy (non-hydrogen) atoms. The lowest BCUT2D eigenvalue weighted by Crippen LogP contribution is -2.16. The number of benzene rings is 3. The molecule has 0 spiro atoms. The molecule has 3 aromatic rings. The third kappa shape index (κ3) is 5.61. The van der Waals surface area contributed by atoms with Crippen molar-refractivity contribution in [3.8, 4) is 5.75 Å². The number of para-hydroxylation sites is 4. The van der Waals surface area contributed by atoms with Crippen LogP contribution in [0.25, 0.3) is 0 Å². The second-order valence-corrected chi connectivity index (χ2v) is 8.62. The Bertz CT molecular complexity index is 1410. The molecule has 0 fully saturated rings. The summed E-state index contributed by atoms with van der Waals surface area (Å²) in [5, 5.41) is 6.87. The number of rotatable bonds is 3. The zero-order valence-corrected chi connectivity index (χ0v) is 21.2. The van der Waals surface area contributed by atoms with E-state index in [1.165, 1.54) is 0 Å². The van der Waals surface area contributed by atoms with E-state index >= 15 is 0 Å². The van der Waals surface area contributed by atoms with Gasteiger partial charge in [0.05, 0.1) is 41.1 Å². The van der Waals surface area contributed by atoms with E-state index in [9.17, 15) is 4.79 Å². The Morgan fingerprint density at radius 1 is 0.750 bits per heavy atom. The number of nitrogens with zero attached hydrogens (tertiary/aromatic N) is 2. The number of carbonyl (C=O) groups is 1. The Morgan fingerprint density at radius 3 is 1.97 bits per heavy atom. The summed E-state index contributed by atoms with van der Waals surface area (Å²) in [4.78, 5) is 23.5. The van der Waals surface area contributed by atoms with Crippen molar-refractivity contribution in [1.29, 1.82) is 0 Å². The number of aliphatic imine (C=N–C) groups is 2. The largest absolute Gasteiger partial charge is 0.497 e. The number of ketones is 1. The van der Waals surface area contributed by atoms with E-state index in [-0.39, 0.29) is 5.78 Å². The van der Waals surface area contributed by atoms with Crippen LogP contribution in [-0.4, -0.2) is 24.3 Å². The fourth-order valence-electron chi connectivity index (χ4n) is 4.13.